The molecule has 0 N–H and O–H groups in total. The van der Waals surface area contributed by atoms with Crippen molar-refractivity contribution >= 4 is 16.6 Å². The van der Waals surface area contributed by atoms with Gasteiger partial charge < -0.3 is 4.40 Å². The first-order valence-electron chi connectivity index (χ1n) is 8.85. The minimum Gasteiger partial charge on any atom is -0.323 e. The molecule has 0 atom stereocenters. The van der Waals surface area contributed by atoms with Gasteiger partial charge in [-0.25, -0.2) is 14.4 Å². The molecule has 6 heteroatoms. The van der Waals surface area contributed by atoms with Gasteiger partial charge in [-0.15, -0.1) is 0 Å². The Labute approximate surface area is 159 Å². The molecule has 0 unspecified atom stereocenters. The van der Waals surface area contributed by atoms with E-state index in [1.807, 2.05) is 47.1 Å². The molecule has 136 valence electrons. The van der Waals surface area contributed by atoms with Crippen molar-refractivity contribution in [3.8, 4) is 11.1 Å². The van der Waals surface area contributed by atoms with Gasteiger partial charge in [0.1, 0.15) is 5.82 Å². The summed E-state index contributed by atoms with van der Waals surface area (Å²) in [5.41, 5.74) is 3.72. The molecule has 1 aromatic carbocycles. The second kappa shape index (κ2) is 6.42. The number of hydrogen-bond acceptors (Lipinski definition) is 3. The molecule has 0 spiro atoms. The van der Waals surface area contributed by atoms with Gasteiger partial charge in [0.25, 0.3) is 5.56 Å². The summed E-state index contributed by atoms with van der Waals surface area (Å²) < 4.78 is 18.1. The molecule has 0 aliphatic carbocycles. The van der Waals surface area contributed by atoms with Gasteiger partial charge in [0.15, 0.2) is 5.52 Å². The largest absolute Gasteiger partial charge is 0.323 e. The van der Waals surface area contributed by atoms with Crippen molar-refractivity contribution in [2.75, 3.05) is 0 Å². The lowest BCUT2D eigenvalue weighted by atomic mass is 10.0. The van der Waals surface area contributed by atoms with E-state index < -0.39 is 0 Å². The first-order valence-corrected chi connectivity index (χ1v) is 8.85. The monoisotopic (exact) mass is 370 g/mol. The molecule has 0 bridgehead atoms. The Morgan fingerprint density at radius 2 is 1.86 bits per heavy atom. The summed E-state index contributed by atoms with van der Waals surface area (Å²) in [6.07, 6.45) is 6.90. The predicted molar refractivity (Wildman–Crippen MR) is 106 cm³/mol. The van der Waals surface area contributed by atoms with Crippen LogP contribution >= 0.6 is 0 Å². The van der Waals surface area contributed by atoms with Crippen molar-refractivity contribution in [1.29, 1.82) is 0 Å². The van der Waals surface area contributed by atoms with E-state index in [1.165, 1.54) is 17.0 Å². The molecule has 0 radical (unpaired) electrons. The second-order valence-corrected chi connectivity index (χ2v) is 6.61. The van der Waals surface area contributed by atoms with Crippen LogP contribution in [0.1, 0.15) is 5.56 Å². The van der Waals surface area contributed by atoms with Crippen molar-refractivity contribution in [2.24, 2.45) is 0 Å². The molecule has 0 amide bonds. The fraction of sp³-hybridized carbons (Fsp3) is 0.0455. The van der Waals surface area contributed by atoms with Gasteiger partial charge in [0.2, 0.25) is 0 Å². The number of fused-ring (bicyclic) bond motifs is 2. The Kier molecular flexibility index (Phi) is 3.76. The van der Waals surface area contributed by atoms with Crippen LogP contribution in [0.4, 0.5) is 4.39 Å². The average molecular weight is 370 g/mol. The molecule has 0 aliphatic heterocycles. The normalized spacial score (nSPS) is 11.3. The van der Waals surface area contributed by atoms with Gasteiger partial charge in [-0.1, -0.05) is 18.2 Å². The molecule has 0 saturated carbocycles. The third kappa shape index (κ3) is 2.75. The molecule has 5 rings (SSSR count). The van der Waals surface area contributed by atoms with E-state index in [2.05, 4.69) is 9.97 Å². The zero-order chi connectivity index (χ0) is 19.1. The fourth-order valence-corrected chi connectivity index (χ4v) is 3.34. The highest BCUT2D eigenvalue weighted by molar-refractivity contribution is 5.72. The SMILES string of the molecule is O=c1c2ncccc2ncn1Cc1ccc(-c2ccc3cccn3c2)cc1F. The molecule has 0 fully saturated rings. The Morgan fingerprint density at radius 1 is 0.964 bits per heavy atom. The van der Waals surface area contributed by atoms with Crippen molar-refractivity contribution in [2.45, 2.75) is 6.54 Å². The molecule has 0 aliphatic rings. The summed E-state index contributed by atoms with van der Waals surface area (Å²) in [4.78, 5) is 20.9. The van der Waals surface area contributed by atoms with Crippen molar-refractivity contribution < 1.29 is 4.39 Å². The summed E-state index contributed by atoms with van der Waals surface area (Å²) in [6.45, 7) is 0.0983. The van der Waals surface area contributed by atoms with E-state index in [-0.39, 0.29) is 23.4 Å². The van der Waals surface area contributed by atoms with E-state index in [9.17, 15) is 9.18 Å². The lowest BCUT2D eigenvalue weighted by Gasteiger charge is -2.09. The van der Waals surface area contributed by atoms with Gasteiger partial charge >= 0.3 is 0 Å². The van der Waals surface area contributed by atoms with E-state index >= 15 is 0 Å². The van der Waals surface area contributed by atoms with Crippen LogP contribution in [0.5, 0.6) is 0 Å². The van der Waals surface area contributed by atoms with Gasteiger partial charge in [0.05, 0.1) is 18.4 Å². The molecule has 4 aromatic heterocycles. The maximum absolute atomic E-state index is 14.8. The third-order valence-electron chi connectivity index (χ3n) is 4.84. The Morgan fingerprint density at radius 3 is 2.75 bits per heavy atom. The molecular formula is C22H15FN4O. The molecule has 28 heavy (non-hydrogen) atoms. The number of aromatic nitrogens is 4. The first-order chi connectivity index (χ1) is 13.7. The minimum atomic E-state index is -0.363. The Balaban J connectivity index is 1.50. The highest BCUT2D eigenvalue weighted by atomic mass is 19.1. The van der Waals surface area contributed by atoms with Crippen LogP contribution < -0.4 is 5.56 Å². The molecule has 4 heterocycles. The Hall–Kier alpha value is -3.80. The Bertz CT molecular complexity index is 1390. The highest BCUT2D eigenvalue weighted by Gasteiger charge is 2.10. The summed E-state index contributed by atoms with van der Waals surface area (Å²) in [6, 6.07) is 16.5. The van der Waals surface area contributed by atoms with E-state index in [4.69, 9.17) is 0 Å². The smallest absolute Gasteiger partial charge is 0.280 e. The number of benzene rings is 1. The van der Waals surface area contributed by atoms with E-state index in [0.29, 0.717) is 11.1 Å². The van der Waals surface area contributed by atoms with Crippen LogP contribution in [0, 0.1) is 5.82 Å². The summed E-state index contributed by atoms with van der Waals surface area (Å²) in [5, 5.41) is 0. The number of hydrogen-bond donors (Lipinski definition) is 0. The van der Waals surface area contributed by atoms with Gasteiger partial charge in [-0.3, -0.25) is 9.36 Å². The van der Waals surface area contributed by atoms with Crippen molar-refractivity contribution in [1.82, 2.24) is 18.9 Å². The maximum atomic E-state index is 14.8. The van der Waals surface area contributed by atoms with Crippen LogP contribution in [0.2, 0.25) is 0 Å². The number of pyridine rings is 2. The highest BCUT2D eigenvalue weighted by Crippen LogP contribution is 2.23. The number of nitrogens with zero attached hydrogens (tertiary/aromatic N) is 4. The molecule has 0 saturated heterocycles. The molecular weight excluding hydrogens is 355 g/mol. The van der Waals surface area contributed by atoms with Gasteiger partial charge in [-0.05, 0) is 47.5 Å². The molecule has 5 nitrogen and oxygen atoms in total. The average Bonchev–Trinajstić information content (AvgIpc) is 3.19. The first kappa shape index (κ1) is 16.4. The quantitative estimate of drug-likeness (QED) is 0.484. The van der Waals surface area contributed by atoms with E-state index in [0.717, 1.165) is 16.6 Å². The summed E-state index contributed by atoms with van der Waals surface area (Å²) in [5.74, 6) is -0.363. The van der Waals surface area contributed by atoms with Crippen LogP contribution in [0.25, 0.3) is 27.7 Å². The zero-order valence-corrected chi connectivity index (χ0v) is 14.8. The predicted octanol–water partition coefficient (Wildman–Crippen LogP) is 3.90. The van der Waals surface area contributed by atoms with Gasteiger partial charge in [-0.2, -0.15) is 0 Å². The van der Waals surface area contributed by atoms with Crippen LogP contribution in [0.15, 0.2) is 84.3 Å². The fourth-order valence-electron chi connectivity index (χ4n) is 3.34. The summed E-state index contributed by atoms with van der Waals surface area (Å²) in [7, 11) is 0. The van der Waals surface area contributed by atoms with Crippen LogP contribution in [0.3, 0.4) is 0 Å². The van der Waals surface area contributed by atoms with Crippen molar-refractivity contribution in [3.05, 3.63) is 101 Å². The lowest BCUT2D eigenvalue weighted by Crippen LogP contribution is -2.22. The zero-order valence-electron chi connectivity index (χ0n) is 14.8. The van der Waals surface area contributed by atoms with Crippen LogP contribution in [-0.4, -0.2) is 18.9 Å². The third-order valence-corrected chi connectivity index (χ3v) is 4.84. The second-order valence-electron chi connectivity index (χ2n) is 6.61. The molecule has 5 aromatic rings. The van der Waals surface area contributed by atoms with E-state index in [1.54, 1.807) is 24.4 Å². The lowest BCUT2D eigenvalue weighted by molar-refractivity contribution is 0.595. The maximum Gasteiger partial charge on any atom is 0.280 e. The minimum absolute atomic E-state index is 0.0983. The summed E-state index contributed by atoms with van der Waals surface area (Å²) >= 11 is 0. The van der Waals surface area contributed by atoms with Gasteiger partial charge in [0, 0.05) is 29.7 Å². The van der Waals surface area contributed by atoms with Crippen LogP contribution in [-0.2, 0) is 6.54 Å². The van der Waals surface area contributed by atoms with Crippen molar-refractivity contribution in [3.63, 3.8) is 0 Å². The standard InChI is InChI=1S/C22H15FN4O/c23-19-11-15(16-7-8-18-3-2-10-26(18)12-16)5-6-17(19)13-27-14-25-20-4-1-9-24-21(20)22(27)28/h1-12,14H,13H2. The number of halogens is 1. The number of rotatable bonds is 3. The topological polar surface area (TPSA) is 52.2 Å².